The van der Waals surface area contributed by atoms with Crippen LogP contribution >= 0.6 is 34.8 Å². The zero-order valence-electron chi connectivity index (χ0n) is 11.9. The number of hydrogen-bond acceptors (Lipinski definition) is 3. The second-order valence-electron chi connectivity index (χ2n) is 4.80. The highest BCUT2D eigenvalue weighted by Crippen LogP contribution is 2.20. The number of anilines is 1. The summed E-state index contributed by atoms with van der Waals surface area (Å²) in [7, 11) is 0. The molecule has 3 aromatic rings. The van der Waals surface area contributed by atoms with E-state index in [4.69, 9.17) is 12.2 Å². The molecule has 0 unspecified atom stereocenters. The molecule has 3 rings (SSSR count). The van der Waals surface area contributed by atoms with E-state index in [0.717, 1.165) is 20.2 Å². The SMILES string of the molecule is O=C(NC(=S)Nc1cccc2cccnc12)c1cccc(I)c1. The predicted molar refractivity (Wildman–Crippen MR) is 105 cm³/mol. The van der Waals surface area contributed by atoms with E-state index in [9.17, 15) is 4.79 Å². The number of nitrogens with zero attached hydrogens (tertiary/aromatic N) is 1. The summed E-state index contributed by atoms with van der Waals surface area (Å²) in [4.78, 5) is 16.6. The number of thiocarbonyl (C=S) groups is 1. The highest BCUT2D eigenvalue weighted by atomic mass is 127. The summed E-state index contributed by atoms with van der Waals surface area (Å²) in [5, 5.41) is 6.97. The van der Waals surface area contributed by atoms with Crippen LogP contribution in [-0.4, -0.2) is 16.0 Å². The molecule has 0 saturated carbocycles. The molecule has 0 spiro atoms. The molecule has 1 aromatic heterocycles. The van der Waals surface area contributed by atoms with Gasteiger partial charge in [-0.1, -0.05) is 24.3 Å². The van der Waals surface area contributed by atoms with Crippen molar-refractivity contribution in [2.75, 3.05) is 5.32 Å². The van der Waals surface area contributed by atoms with Gasteiger partial charge in [0, 0.05) is 20.7 Å². The van der Waals surface area contributed by atoms with Crippen molar-refractivity contribution in [2.45, 2.75) is 0 Å². The topological polar surface area (TPSA) is 54.0 Å². The molecular formula is C17H12IN3OS. The molecule has 0 fully saturated rings. The first-order valence-electron chi connectivity index (χ1n) is 6.85. The van der Waals surface area contributed by atoms with Crippen molar-refractivity contribution in [3.05, 3.63) is 69.9 Å². The zero-order valence-corrected chi connectivity index (χ0v) is 14.9. The highest BCUT2D eigenvalue weighted by molar-refractivity contribution is 14.1. The number of nitrogens with one attached hydrogen (secondary N) is 2. The molecule has 1 heterocycles. The molecule has 4 nitrogen and oxygen atoms in total. The molecule has 6 heteroatoms. The average Bonchev–Trinajstić information content (AvgIpc) is 2.55. The summed E-state index contributed by atoms with van der Waals surface area (Å²) in [6, 6.07) is 16.9. The lowest BCUT2D eigenvalue weighted by atomic mass is 10.2. The van der Waals surface area contributed by atoms with Crippen LogP contribution < -0.4 is 10.6 Å². The first-order valence-corrected chi connectivity index (χ1v) is 8.34. The van der Waals surface area contributed by atoms with Crippen molar-refractivity contribution in [3.8, 4) is 0 Å². The van der Waals surface area contributed by atoms with Gasteiger partial charge in [0.15, 0.2) is 5.11 Å². The number of carbonyl (C=O) groups excluding carboxylic acids is 1. The van der Waals surface area contributed by atoms with Crippen molar-refractivity contribution >= 4 is 62.4 Å². The monoisotopic (exact) mass is 433 g/mol. The Bertz CT molecular complexity index is 892. The fourth-order valence-electron chi connectivity index (χ4n) is 2.16. The van der Waals surface area contributed by atoms with E-state index in [1.807, 2.05) is 42.5 Å². The lowest BCUT2D eigenvalue weighted by molar-refractivity contribution is 0.0977. The first-order chi connectivity index (χ1) is 11.1. The summed E-state index contributed by atoms with van der Waals surface area (Å²) >= 11 is 7.40. The summed E-state index contributed by atoms with van der Waals surface area (Å²) in [6.07, 6.45) is 1.72. The largest absolute Gasteiger partial charge is 0.331 e. The molecule has 0 aliphatic heterocycles. The smallest absolute Gasteiger partial charge is 0.257 e. The van der Waals surface area contributed by atoms with Crippen LogP contribution in [0.1, 0.15) is 10.4 Å². The number of pyridine rings is 1. The van der Waals surface area contributed by atoms with E-state index >= 15 is 0 Å². The molecule has 1 amide bonds. The minimum Gasteiger partial charge on any atom is -0.331 e. The van der Waals surface area contributed by atoms with Crippen LogP contribution in [0.5, 0.6) is 0 Å². The number of fused-ring (bicyclic) bond motifs is 1. The molecule has 0 aliphatic rings. The number of para-hydroxylation sites is 1. The Balaban J connectivity index is 1.75. The first kappa shape index (κ1) is 15.8. The van der Waals surface area contributed by atoms with Gasteiger partial charge in [0.2, 0.25) is 0 Å². The molecule has 2 N–H and O–H groups in total. The fourth-order valence-corrected chi connectivity index (χ4v) is 2.91. The van der Waals surface area contributed by atoms with E-state index < -0.39 is 0 Å². The molecule has 0 saturated heterocycles. The molecule has 0 atom stereocenters. The van der Waals surface area contributed by atoms with Gasteiger partial charge in [-0.05, 0) is 65.1 Å². The van der Waals surface area contributed by atoms with E-state index in [2.05, 4.69) is 38.2 Å². The van der Waals surface area contributed by atoms with E-state index in [0.29, 0.717) is 5.56 Å². The third-order valence-corrected chi connectivity index (χ3v) is 4.07. The predicted octanol–water partition coefficient (Wildman–Crippen LogP) is 3.97. The minimum atomic E-state index is -0.241. The van der Waals surface area contributed by atoms with Crippen molar-refractivity contribution in [1.29, 1.82) is 0 Å². The lowest BCUT2D eigenvalue weighted by Crippen LogP contribution is -2.34. The van der Waals surface area contributed by atoms with Crippen LogP contribution in [0.2, 0.25) is 0 Å². The van der Waals surface area contributed by atoms with Crippen LogP contribution in [0, 0.1) is 3.57 Å². The number of amides is 1. The third kappa shape index (κ3) is 3.83. The molecule has 2 aromatic carbocycles. The van der Waals surface area contributed by atoms with Crippen molar-refractivity contribution < 1.29 is 4.79 Å². The number of benzene rings is 2. The van der Waals surface area contributed by atoms with Crippen LogP contribution in [-0.2, 0) is 0 Å². The summed E-state index contributed by atoms with van der Waals surface area (Å²) in [5.41, 5.74) is 2.13. The number of carbonyl (C=O) groups is 1. The van der Waals surface area contributed by atoms with Crippen LogP contribution in [0.15, 0.2) is 60.8 Å². The Labute approximate surface area is 152 Å². The van der Waals surface area contributed by atoms with Crippen molar-refractivity contribution in [1.82, 2.24) is 10.3 Å². The molecule has 114 valence electrons. The Kier molecular flexibility index (Phi) is 4.82. The Hall–Kier alpha value is -2.06. The maximum atomic E-state index is 12.2. The Morgan fingerprint density at radius 1 is 1.09 bits per heavy atom. The molecule has 0 bridgehead atoms. The van der Waals surface area contributed by atoms with Crippen molar-refractivity contribution in [2.24, 2.45) is 0 Å². The van der Waals surface area contributed by atoms with Gasteiger partial charge in [-0.15, -0.1) is 0 Å². The number of aromatic nitrogens is 1. The number of halogens is 1. The summed E-state index contributed by atoms with van der Waals surface area (Å²) in [5.74, 6) is -0.241. The third-order valence-electron chi connectivity index (χ3n) is 3.19. The van der Waals surface area contributed by atoms with Crippen LogP contribution in [0.3, 0.4) is 0 Å². The van der Waals surface area contributed by atoms with Crippen molar-refractivity contribution in [3.63, 3.8) is 0 Å². The fraction of sp³-hybridized carbons (Fsp3) is 0. The van der Waals surface area contributed by atoms with Gasteiger partial charge < -0.3 is 5.32 Å². The van der Waals surface area contributed by atoms with Gasteiger partial charge in [-0.3, -0.25) is 15.1 Å². The average molecular weight is 433 g/mol. The second kappa shape index (κ2) is 7.01. The van der Waals surface area contributed by atoms with Gasteiger partial charge >= 0.3 is 0 Å². The highest BCUT2D eigenvalue weighted by Gasteiger charge is 2.09. The van der Waals surface area contributed by atoms with Gasteiger partial charge in [-0.25, -0.2) is 0 Å². The number of hydrogen-bond donors (Lipinski definition) is 2. The van der Waals surface area contributed by atoms with Gasteiger partial charge in [0.05, 0.1) is 11.2 Å². The molecule has 0 aliphatic carbocycles. The Morgan fingerprint density at radius 3 is 2.70 bits per heavy atom. The van der Waals surface area contributed by atoms with Crippen LogP contribution in [0.4, 0.5) is 5.69 Å². The molecular weight excluding hydrogens is 421 g/mol. The van der Waals surface area contributed by atoms with Gasteiger partial charge in [0.1, 0.15) is 0 Å². The molecule has 0 radical (unpaired) electrons. The lowest BCUT2D eigenvalue weighted by Gasteiger charge is -2.11. The summed E-state index contributed by atoms with van der Waals surface area (Å²) < 4.78 is 0.993. The normalized spacial score (nSPS) is 10.3. The van der Waals surface area contributed by atoms with Gasteiger partial charge in [-0.2, -0.15) is 0 Å². The summed E-state index contributed by atoms with van der Waals surface area (Å²) in [6.45, 7) is 0. The second-order valence-corrected chi connectivity index (χ2v) is 6.45. The maximum Gasteiger partial charge on any atom is 0.257 e. The molecule has 23 heavy (non-hydrogen) atoms. The maximum absolute atomic E-state index is 12.2. The van der Waals surface area contributed by atoms with E-state index in [1.165, 1.54) is 0 Å². The number of rotatable bonds is 2. The minimum absolute atomic E-state index is 0.241. The van der Waals surface area contributed by atoms with Gasteiger partial charge in [0.25, 0.3) is 5.91 Å². The Morgan fingerprint density at radius 2 is 1.87 bits per heavy atom. The zero-order chi connectivity index (χ0) is 16.2. The quantitative estimate of drug-likeness (QED) is 0.475. The standard InChI is InChI=1S/C17H12IN3OS/c18-13-7-1-5-12(10-13)16(22)21-17(23)20-14-8-2-4-11-6-3-9-19-15(11)14/h1-10H,(H2,20,21,22,23). The van der Waals surface area contributed by atoms with Crippen LogP contribution in [0.25, 0.3) is 10.9 Å². The van der Waals surface area contributed by atoms with E-state index in [1.54, 1.807) is 18.3 Å². The van der Waals surface area contributed by atoms with E-state index in [-0.39, 0.29) is 11.0 Å².